The van der Waals surface area contributed by atoms with Gasteiger partial charge in [0.1, 0.15) is 0 Å². The molecule has 0 radical (unpaired) electrons. The molecule has 2 saturated carbocycles. The lowest BCUT2D eigenvalue weighted by atomic mass is 9.89. The van der Waals surface area contributed by atoms with Gasteiger partial charge in [0.05, 0.1) is 5.56 Å². The number of anilines is 1. The van der Waals surface area contributed by atoms with Crippen molar-refractivity contribution in [3.8, 4) is 0 Å². The minimum atomic E-state index is -0.842. The van der Waals surface area contributed by atoms with Gasteiger partial charge in [0.15, 0.2) is 0 Å². The number of hydrogen-bond acceptors (Lipinski definition) is 3. The van der Waals surface area contributed by atoms with E-state index in [0.29, 0.717) is 5.56 Å². The van der Waals surface area contributed by atoms with E-state index in [9.17, 15) is 9.90 Å². The van der Waals surface area contributed by atoms with E-state index in [1.165, 1.54) is 37.4 Å². The van der Waals surface area contributed by atoms with Crippen molar-refractivity contribution in [3.63, 3.8) is 0 Å². The lowest BCUT2D eigenvalue weighted by Crippen LogP contribution is -2.21. The van der Waals surface area contributed by atoms with Crippen LogP contribution >= 0.6 is 11.8 Å². The van der Waals surface area contributed by atoms with E-state index in [4.69, 9.17) is 0 Å². The Kier molecular flexibility index (Phi) is 3.92. The summed E-state index contributed by atoms with van der Waals surface area (Å²) in [4.78, 5) is 12.3. The molecule has 0 saturated heterocycles. The van der Waals surface area contributed by atoms with E-state index < -0.39 is 5.97 Å². The number of carboxylic acid groups (broad SMARTS) is 1. The Morgan fingerprint density at radius 3 is 2.85 bits per heavy atom. The average Bonchev–Trinajstić information content (AvgIpc) is 3.06. The second-order valence-corrected chi connectivity index (χ2v) is 6.85. The zero-order valence-electron chi connectivity index (χ0n) is 11.8. The molecule has 3 atom stereocenters. The third-order valence-corrected chi connectivity index (χ3v) is 5.68. The second kappa shape index (κ2) is 5.68. The number of aromatic carboxylic acids is 1. The number of fused-ring (bicyclic) bond motifs is 2. The Morgan fingerprint density at radius 1 is 1.40 bits per heavy atom. The van der Waals surface area contributed by atoms with Gasteiger partial charge < -0.3 is 10.4 Å². The van der Waals surface area contributed by atoms with Crippen LogP contribution in [0.15, 0.2) is 23.1 Å². The molecule has 0 spiro atoms. The summed E-state index contributed by atoms with van der Waals surface area (Å²) in [7, 11) is 0. The monoisotopic (exact) mass is 291 g/mol. The number of benzene rings is 1. The predicted octanol–water partition coefficient (Wildman–Crippen LogP) is 3.95. The molecule has 1 aromatic rings. The molecule has 2 bridgehead atoms. The summed E-state index contributed by atoms with van der Waals surface area (Å²) in [5, 5.41) is 12.8. The van der Waals surface area contributed by atoms with E-state index in [1.54, 1.807) is 0 Å². The third-order valence-electron chi connectivity index (χ3n) is 4.90. The smallest absolute Gasteiger partial charge is 0.338 e. The fourth-order valence-corrected chi connectivity index (χ4v) is 4.55. The molecule has 2 aliphatic rings. The third kappa shape index (κ3) is 2.53. The Morgan fingerprint density at radius 2 is 2.25 bits per heavy atom. The molecule has 0 aromatic heterocycles. The van der Waals surface area contributed by atoms with Crippen molar-refractivity contribution < 1.29 is 9.90 Å². The maximum Gasteiger partial charge on any atom is 0.338 e. The largest absolute Gasteiger partial charge is 0.478 e. The van der Waals surface area contributed by atoms with Gasteiger partial charge in [0.25, 0.3) is 0 Å². The molecule has 3 rings (SSSR count). The highest BCUT2D eigenvalue weighted by Crippen LogP contribution is 2.48. The van der Waals surface area contributed by atoms with E-state index >= 15 is 0 Å². The van der Waals surface area contributed by atoms with Gasteiger partial charge in [-0.3, -0.25) is 0 Å². The lowest BCUT2D eigenvalue weighted by molar-refractivity contribution is 0.0694. The van der Waals surface area contributed by atoms with Gasteiger partial charge in [0.2, 0.25) is 0 Å². The molecule has 20 heavy (non-hydrogen) atoms. The Bertz CT molecular complexity index is 517. The van der Waals surface area contributed by atoms with Crippen molar-refractivity contribution in [2.75, 3.05) is 18.1 Å². The number of carboxylic acids is 1. The minimum Gasteiger partial charge on any atom is -0.478 e. The number of rotatable bonds is 5. The van der Waals surface area contributed by atoms with Crippen LogP contribution in [0, 0.1) is 17.8 Å². The van der Waals surface area contributed by atoms with Crippen LogP contribution in [0.25, 0.3) is 0 Å². The maximum absolute atomic E-state index is 11.5. The van der Waals surface area contributed by atoms with E-state index in [0.717, 1.165) is 34.9 Å². The average molecular weight is 291 g/mol. The standard InChI is InChI=1S/C16H21NO2S/c1-20-14-4-2-3-13(15(14)16(18)19)17-9-12-8-10-5-6-11(12)7-10/h2-4,10-12,17H,5-9H2,1H3,(H,18,19). The first kappa shape index (κ1) is 13.8. The Hall–Kier alpha value is -1.16. The van der Waals surface area contributed by atoms with Crippen LogP contribution in [0.4, 0.5) is 5.69 Å². The van der Waals surface area contributed by atoms with Crippen LogP contribution in [-0.2, 0) is 0 Å². The van der Waals surface area contributed by atoms with Crippen molar-refractivity contribution in [1.82, 2.24) is 0 Å². The summed E-state index contributed by atoms with van der Waals surface area (Å²) >= 11 is 1.49. The molecular formula is C16H21NO2S. The molecule has 1 aromatic carbocycles. The van der Waals surface area contributed by atoms with Crippen LogP contribution in [0.3, 0.4) is 0 Å². The van der Waals surface area contributed by atoms with Gasteiger partial charge in [-0.1, -0.05) is 12.5 Å². The molecule has 2 fully saturated rings. The number of hydrogen-bond donors (Lipinski definition) is 2. The van der Waals surface area contributed by atoms with Gasteiger partial charge >= 0.3 is 5.97 Å². The highest BCUT2D eigenvalue weighted by Gasteiger charge is 2.39. The molecule has 0 aliphatic heterocycles. The summed E-state index contributed by atoms with van der Waals surface area (Å²) in [5.41, 5.74) is 1.19. The molecule has 4 heteroatoms. The fraction of sp³-hybridized carbons (Fsp3) is 0.562. The fourth-order valence-electron chi connectivity index (χ4n) is 3.94. The molecule has 3 nitrogen and oxygen atoms in total. The molecule has 0 amide bonds. The summed E-state index contributed by atoms with van der Waals surface area (Å²) in [5.74, 6) is 1.69. The normalized spacial score (nSPS) is 27.8. The van der Waals surface area contributed by atoms with Crippen LogP contribution < -0.4 is 5.32 Å². The molecule has 108 valence electrons. The number of nitrogens with one attached hydrogen (secondary N) is 1. The first-order valence-electron chi connectivity index (χ1n) is 7.33. The van der Waals surface area contributed by atoms with Crippen LogP contribution in [-0.4, -0.2) is 23.9 Å². The van der Waals surface area contributed by atoms with Gasteiger partial charge in [-0.2, -0.15) is 0 Å². The predicted molar refractivity (Wildman–Crippen MR) is 82.6 cm³/mol. The van der Waals surface area contributed by atoms with E-state index in [-0.39, 0.29) is 0 Å². The number of carbonyl (C=O) groups is 1. The van der Waals surface area contributed by atoms with Crippen LogP contribution in [0.5, 0.6) is 0 Å². The van der Waals surface area contributed by atoms with Crippen molar-refractivity contribution in [2.45, 2.75) is 30.6 Å². The summed E-state index contributed by atoms with van der Waals surface area (Å²) in [6.45, 7) is 0.916. The van der Waals surface area contributed by atoms with E-state index in [2.05, 4.69) is 5.32 Å². The van der Waals surface area contributed by atoms with Gasteiger partial charge in [-0.15, -0.1) is 11.8 Å². The summed E-state index contributed by atoms with van der Waals surface area (Å²) in [6.07, 6.45) is 7.41. The SMILES string of the molecule is CSc1cccc(NCC2CC3CCC2C3)c1C(=O)O. The summed E-state index contributed by atoms with van der Waals surface area (Å²) < 4.78 is 0. The van der Waals surface area contributed by atoms with E-state index in [1.807, 2.05) is 24.5 Å². The zero-order valence-corrected chi connectivity index (χ0v) is 12.6. The highest BCUT2D eigenvalue weighted by molar-refractivity contribution is 7.98. The summed E-state index contributed by atoms with van der Waals surface area (Å²) in [6, 6.07) is 5.69. The van der Waals surface area contributed by atoms with Crippen LogP contribution in [0.1, 0.15) is 36.0 Å². The van der Waals surface area contributed by atoms with Gasteiger partial charge in [-0.25, -0.2) is 4.79 Å². The lowest BCUT2D eigenvalue weighted by Gasteiger charge is -2.23. The van der Waals surface area contributed by atoms with Gasteiger partial charge in [0, 0.05) is 17.1 Å². The van der Waals surface area contributed by atoms with Crippen LogP contribution in [0.2, 0.25) is 0 Å². The van der Waals surface area contributed by atoms with Crippen molar-refractivity contribution in [3.05, 3.63) is 23.8 Å². The Balaban J connectivity index is 1.72. The van der Waals surface area contributed by atoms with Crippen molar-refractivity contribution in [2.24, 2.45) is 17.8 Å². The minimum absolute atomic E-state index is 0.420. The molecule has 0 heterocycles. The van der Waals surface area contributed by atoms with Crippen molar-refractivity contribution >= 4 is 23.4 Å². The highest BCUT2D eigenvalue weighted by atomic mass is 32.2. The molecule has 3 unspecified atom stereocenters. The molecular weight excluding hydrogens is 270 g/mol. The Labute approximate surface area is 124 Å². The topological polar surface area (TPSA) is 49.3 Å². The first-order valence-corrected chi connectivity index (χ1v) is 8.55. The number of thioether (sulfide) groups is 1. The zero-order chi connectivity index (χ0) is 14.1. The van der Waals surface area contributed by atoms with Gasteiger partial charge in [-0.05, 0) is 55.4 Å². The maximum atomic E-state index is 11.5. The molecule has 2 N–H and O–H groups in total. The quantitative estimate of drug-likeness (QED) is 0.806. The second-order valence-electron chi connectivity index (χ2n) is 6.00. The molecule has 2 aliphatic carbocycles. The first-order chi connectivity index (χ1) is 9.69. The van der Waals surface area contributed by atoms with Crippen molar-refractivity contribution in [1.29, 1.82) is 0 Å².